The monoisotopic (exact) mass is 264 g/mol. The molecule has 0 aliphatic carbocycles. The van der Waals surface area contributed by atoms with Gasteiger partial charge < -0.3 is 20.1 Å². The molecule has 1 fully saturated rings. The minimum Gasteiger partial charge on any atom is -0.497 e. The van der Waals surface area contributed by atoms with Gasteiger partial charge in [0.05, 0.1) is 13.7 Å². The highest BCUT2D eigenvalue weighted by atomic mass is 16.5. The van der Waals surface area contributed by atoms with Gasteiger partial charge in [0.1, 0.15) is 5.75 Å². The topological polar surface area (TPSA) is 44.7 Å². The van der Waals surface area contributed by atoms with Gasteiger partial charge in [0, 0.05) is 25.7 Å². The first-order chi connectivity index (χ1) is 9.22. The van der Waals surface area contributed by atoms with E-state index in [2.05, 4.69) is 29.4 Å². The van der Waals surface area contributed by atoms with Crippen LogP contribution in [0.25, 0.3) is 0 Å². The van der Waals surface area contributed by atoms with Crippen LogP contribution in [0.15, 0.2) is 24.3 Å². The molecule has 1 aliphatic rings. The number of methoxy groups -OCH3 is 1. The van der Waals surface area contributed by atoms with Crippen LogP contribution in [0, 0.1) is 0 Å². The van der Waals surface area contributed by atoms with Crippen LogP contribution in [-0.2, 0) is 0 Å². The lowest BCUT2D eigenvalue weighted by Crippen LogP contribution is -2.47. The number of hydrogen-bond donors (Lipinski definition) is 2. The number of hydrogen-bond acceptors (Lipinski definition) is 4. The summed E-state index contributed by atoms with van der Waals surface area (Å²) in [6.45, 7) is 3.01. The molecule has 0 spiro atoms. The summed E-state index contributed by atoms with van der Waals surface area (Å²) in [5.74, 6) is 1.45. The van der Waals surface area contributed by atoms with E-state index in [4.69, 9.17) is 9.84 Å². The van der Waals surface area contributed by atoms with Crippen LogP contribution in [0.2, 0.25) is 0 Å². The molecule has 0 aromatic heterocycles. The number of benzene rings is 1. The Morgan fingerprint density at radius 2 is 2.05 bits per heavy atom. The third-order valence-electron chi connectivity index (χ3n) is 3.77. The van der Waals surface area contributed by atoms with Gasteiger partial charge in [-0.05, 0) is 37.1 Å². The van der Waals surface area contributed by atoms with Gasteiger partial charge in [0.15, 0.2) is 0 Å². The second-order valence-electron chi connectivity index (χ2n) is 5.30. The average molecular weight is 264 g/mol. The molecule has 1 aliphatic heterocycles. The van der Waals surface area contributed by atoms with Gasteiger partial charge in [-0.15, -0.1) is 0 Å². The maximum Gasteiger partial charge on any atom is 0.118 e. The van der Waals surface area contributed by atoms with Gasteiger partial charge >= 0.3 is 0 Å². The van der Waals surface area contributed by atoms with Crippen molar-refractivity contribution in [2.24, 2.45) is 0 Å². The van der Waals surface area contributed by atoms with E-state index >= 15 is 0 Å². The van der Waals surface area contributed by atoms with Crippen LogP contribution in [0.5, 0.6) is 5.75 Å². The van der Waals surface area contributed by atoms with E-state index < -0.39 is 0 Å². The van der Waals surface area contributed by atoms with Crippen molar-refractivity contribution in [3.63, 3.8) is 0 Å². The highest BCUT2D eigenvalue weighted by molar-refractivity contribution is 5.30. The largest absolute Gasteiger partial charge is 0.497 e. The quantitative estimate of drug-likeness (QED) is 0.835. The molecular weight excluding hydrogens is 240 g/mol. The minimum absolute atomic E-state index is 0.202. The van der Waals surface area contributed by atoms with Crippen LogP contribution in [-0.4, -0.2) is 56.4 Å². The van der Waals surface area contributed by atoms with Crippen molar-refractivity contribution in [2.45, 2.75) is 18.4 Å². The van der Waals surface area contributed by atoms with E-state index in [9.17, 15) is 0 Å². The Balaban J connectivity index is 2.01. The molecule has 0 bridgehead atoms. The number of likely N-dealkylation sites (tertiary alicyclic amines) is 1. The van der Waals surface area contributed by atoms with Gasteiger partial charge in [0.2, 0.25) is 0 Å². The molecule has 106 valence electrons. The maximum atomic E-state index is 8.91. The molecule has 1 saturated heterocycles. The van der Waals surface area contributed by atoms with E-state index in [1.54, 1.807) is 7.11 Å². The van der Waals surface area contributed by atoms with Crippen molar-refractivity contribution in [1.29, 1.82) is 0 Å². The first-order valence-corrected chi connectivity index (χ1v) is 6.89. The Morgan fingerprint density at radius 3 is 2.68 bits per heavy atom. The molecule has 2 atom stereocenters. The standard InChI is InChI=1S/C15H24N2O2/c1-17-10-13(9-14(11-17)16-7-8-18)12-3-5-15(19-2)6-4-12/h3-6,13-14,16,18H,7-11H2,1-2H3. The van der Waals surface area contributed by atoms with Crippen LogP contribution in [0.4, 0.5) is 0 Å². The Kier molecular flexibility index (Phi) is 5.19. The smallest absolute Gasteiger partial charge is 0.118 e. The number of likely N-dealkylation sites (N-methyl/N-ethyl adjacent to an activating group) is 1. The number of rotatable bonds is 5. The van der Waals surface area contributed by atoms with Gasteiger partial charge in [-0.25, -0.2) is 0 Å². The molecule has 1 aromatic carbocycles. The van der Waals surface area contributed by atoms with Crippen LogP contribution in [0.3, 0.4) is 0 Å². The molecule has 1 heterocycles. The summed E-state index contributed by atoms with van der Waals surface area (Å²) in [7, 11) is 3.85. The lowest BCUT2D eigenvalue weighted by atomic mass is 9.88. The fourth-order valence-corrected chi connectivity index (χ4v) is 2.85. The molecule has 4 nitrogen and oxygen atoms in total. The van der Waals surface area contributed by atoms with Crippen molar-refractivity contribution in [3.05, 3.63) is 29.8 Å². The van der Waals surface area contributed by atoms with E-state index in [-0.39, 0.29) is 6.61 Å². The summed E-state index contributed by atoms with van der Waals surface area (Å²) < 4.78 is 5.20. The molecule has 0 radical (unpaired) electrons. The van der Waals surface area contributed by atoms with Crippen LogP contribution < -0.4 is 10.1 Å². The summed E-state index contributed by atoms with van der Waals surface area (Å²) >= 11 is 0. The number of nitrogens with one attached hydrogen (secondary N) is 1. The fraction of sp³-hybridized carbons (Fsp3) is 0.600. The lowest BCUT2D eigenvalue weighted by Gasteiger charge is -2.36. The number of aliphatic hydroxyl groups excluding tert-OH is 1. The van der Waals surface area contributed by atoms with E-state index in [1.807, 2.05) is 12.1 Å². The molecule has 1 aromatic rings. The Bertz CT molecular complexity index is 380. The summed E-state index contributed by atoms with van der Waals surface area (Å²) in [5, 5.41) is 12.3. The average Bonchev–Trinajstić information content (AvgIpc) is 2.44. The SMILES string of the molecule is COc1ccc(C2CC(NCCO)CN(C)C2)cc1. The Hall–Kier alpha value is -1.10. The minimum atomic E-state index is 0.202. The third-order valence-corrected chi connectivity index (χ3v) is 3.77. The van der Waals surface area contributed by atoms with Crippen molar-refractivity contribution in [2.75, 3.05) is 40.4 Å². The molecule has 2 rings (SSSR count). The predicted octanol–water partition coefficient (Wildman–Crippen LogP) is 1.06. The second-order valence-corrected chi connectivity index (χ2v) is 5.30. The molecule has 0 amide bonds. The van der Waals surface area contributed by atoms with Gasteiger partial charge in [-0.3, -0.25) is 0 Å². The first kappa shape index (κ1) is 14.3. The molecule has 2 N–H and O–H groups in total. The van der Waals surface area contributed by atoms with Crippen molar-refractivity contribution in [3.8, 4) is 5.75 Å². The van der Waals surface area contributed by atoms with Gasteiger partial charge in [-0.1, -0.05) is 12.1 Å². The highest BCUT2D eigenvalue weighted by Gasteiger charge is 2.25. The zero-order chi connectivity index (χ0) is 13.7. The number of ether oxygens (including phenoxy) is 1. The van der Waals surface area contributed by atoms with E-state index in [0.717, 1.165) is 25.3 Å². The number of aliphatic hydroxyl groups is 1. The predicted molar refractivity (Wildman–Crippen MR) is 76.7 cm³/mol. The maximum absolute atomic E-state index is 8.91. The molecule has 4 heteroatoms. The molecule has 0 saturated carbocycles. The zero-order valence-electron chi connectivity index (χ0n) is 11.8. The van der Waals surface area contributed by atoms with Crippen molar-refractivity contribution >= 4 is 0 Å². The van der Waals surface area contributed by atoms with Crippen LogP contribution >= 0.6 is 0 Å². The third kappa shape index (κ3) is 3.93. The summed E-state index contributed by atoms with van der Waals surface area (Å²) in [5.41, 5.74) is 1.36. The summed E-state index contributed by atoms with van der Waals surface area (Å²) in [6.07, 6.45) is 1.12. The van der Waals surface area contributed by atoms with Crippen LogP contribution in [0.1, 0.15) is 17.9 Å². The molecule has 19 heavy (non-hydrogen) atoms. The Labute approximate surface area is 115 Å². The zero-order valence-corrected chi connectivity index (χ0v) is 11.8. The van der Waals surface area contributed by atoms with Crippen molar-refractivity contribution < 1.29 is 9.84 Å². The molecular formula is C15H24N2O2. The number of nitrogens with zero attached hydrogens (tertiary/aromatic N) is 1. The first-order valence-electron chi connectivity index (χ1n) is 6.89. The Morgan fingerprint density at radius 1 is 1.32 bits per heavy atom. The summed E-state index contributed by atoms with van der Waals surface area (Å²) in [6, 6.07) is 8.83. The fourth-order valence-electron chi connectivity index (χ4n) is 2.85. The summed E-state index contributed by atoms with van der Waals surface area (Å²) in [4.78, 5) is 2.35. The van der Waals surface area contributed by atoms with E-state index in [1.165, 1.54) is 5.56 Å². The molecule has 2 unspecified atom stereocenters. The van der Waals surface area contributed by atoms with Gasteiger partial charge in [-0.2, -0.15) is 0 Å². The van der Waals surface area contributed by atoms with Crippen molar-refractivity contribution in [1.82, 2.24) is 10.2 Å². The normalized spacial score (nSPS) is 24.4. The number of piperidine rings is 1. The van der Waals surface area contributed by atoms with Gasteiger partial charge in [0.25, 0.3) is 0 Å². The highest BCUT2D eigenvalue weighted by Crippen LogP contribution is 2.27. The lowest BCUT2D eigenvalue weighted by molar-refractivity contribution is 0.194. The van der Waals surface area contributed by atoms with E-state index in [0.29, 0.717) is 18.5 Å². The second kappa shape index (κ2) is 6.89.